The van der Waals surface area contributed by atoms with E-state index in [1.807, 2.05) is 19.2 Å². The Hall–Kier alpha value is -1.81. The number of aromatic nitrogens is 3. The normalized spacial score (nSPS) is 12.4. The van der Waals surface area contributed by atoms with Crippen molar-refractivity contribution in [2.24, 2.45) is 0 Å². The Balaban J connectivity index is 2.30. The predicted octanol–water partition coefficient (Wildman–Crippen LogP) is 3.47. The van der Waals surface area contributed by atoms with Gasteiger partial charge in [0.05, 0.1) is 0 Å². The maximum absolute atomic E-state index is 4.67. The van der Waals surface area contributed by atoms with Gasteiger partial charge in [-0.2, -0.15) is 0 Å². The third-order valence-electron chi connectivity index (χ3n) is 3.67. The Kier molecular flexibility index (Phi) is 5.39. The van der Waals surface area contributed by atoms with Gasteiger partial charge in [0, 0.05) is 29.7 Å². The SMILES string of the molecule is CCCNC(C)c1cnc(-c2ncccc2CC)nc1C. The zero-order chi connectivity index (χ0) is 15.2. The topological polar surface area (TPSA) is 50.7 Å². The summed E-state index contributed by atoms with van der Waals surface area (Å²) in [6, 6.07) is 4.31. The quantitative estimate of drug-likeness (QED) is 0.882. The van der Waals surface area contributed by atoms with Crippen molar-refractivity contribution in [3.8, 4) is 11.5 Å². The molecule has 1 atom stereocenters. The van der Waals surface area contributed by atoms with Gasteiger partial charge in [-0.25, -0.2) is 9.97 Å². The maximum Gasteiger partial charge on any atom is 0.178 e. The molecule has 0 aliphatic heterocycles. The molecule has 0 radical (unpaired) electrons. The Morgan fingerprint density at radius 3 is 2.71 bits per heavy atom. The summed E-state index contributed by atoms with van der Waals surface area (Å²) in [5.41, 5.74) is 4.25. The number of nitrogens with zero attached hydrogens (tertiary/aromatic N) is 3. The lowest BCUT2D eigenvalue weighted by Gasteiger charge is -2.16. The van der Waals surface area contributed by atoms with E-state index in [-0.39, 0.29) is 6.04 Å². The first-order valence-corrected chi connectivity index (χ1v) is 7.68. The molecule has 0 aliphatic rings. The van der Waals surface area contributed by atoms with E-state index in [9.17, 15) is 0 Å². The largest absolute Gasteiger partial charge is 0.310 e. The predicted molar refractivity (Wildman–Crippen MR) is 86.1 cm³/mol. The first-order valence-electron chi connectivity index (χ1n) is 7.68. The van der Waals surface area contributed by atoms with Gasteiger partial charge in [-0.1, -0.05) is 19.9 Å². The number of hydrogen-bond acceptors (Lipinski definition) is 4. The van der Waals surface area contributed by atoms with Gasteiger partial charge in [0.15, 0.2) is 5.82 Å². The summed E-state index contributed by atoms with van der Waals surface area (Å²) < 4.78 is 0. The minimum absolute atomic E-state index is 0.272. The van der Waals surface area contributed by atoms with Crippen molar-refractivity contribution < 1.29 is 0 Å². The highest BCUT2D eigenvalue weighted by Gasteiger charge is 2.13. The van der Waals surface area contributed by atoms with Crippen LogP contribution in [0.5, 0.6) is 0 Å². The van der Waals surface area contributed by atoms with Crippen LogP contribution in [-0.4, -0.2) is 21.5 Å². The van der Waals surface area contributed by atoms with E-state index in [1.54, 1.807) is 6.20 Å². The molecule has 2 rings (SSSR count). The molecule has 0 saturated heterocycles. The van der Waals surface area contributed by atoms with E-state index in [0.29, 0.717) is 0 Å². The van der Waals surface area contributed by atoms with Crippen molar-refractivity contribution in [2.75, 3.05) is 6.54 Å². The number of rotatable bonds is 6. The first kappa shape index (κ1) is 15.6. The van der Waals surface area contributed by atoms with E-state index in [4.69, 9.17) is 0 Å². The molecule has 2 aromatic rings. The van der Waals surface area contributed by atoms with Crippen LogP contribution in [-0.2, 0) is 6.42 Å². The van der Waals surface area contributed by atoms with Gasteiger partial charge >= 0.3 is 0 Å². The molecule has 0 aromatic carbocycles. The zero-order valence-electron chi connectivity index (χ0n) is 13.3. The summed E-state index contributed by atoms with van der Waals surface area (Å²) in [5.74, 6) is 0.719. The molecule has 112 valence electrons. The van der Waals surface area contributed by atoms with E-state index in [0.717, 1.165) is 42.2 Å². The van der Waals surface area contributed by atoms with Gasteiger partial charge in [-0.05, 0) is 44.9 Å². The molecule has 1 unspecified atom stereocenters. The Labute approximate surface area is 127 Å². The molecule has 4 nitrogen and oxygen atoms in total. The third-order valence-corrected chi connectivity index (χ3v) is 3.67. The monoisotopic (exact) mass is 284 g/mol. The van der Waals surface area contributed by atoms with Gasteiger partial charge < -0.3 is 5.32 Å². The second kappa shape index (κ2) is 7.27. The molecule has 1 N–H and O–H groups in total. The molecular formula is C17H24N4. The second-order valence-electron chi connectivity index (χ2n) is 5.27. The van der Waals surface area contributed by atoms with Crippen molar-refractivity contribution in [1.29, 1.82) is 0 Å². The molecule has 2 heterocycles. The number of nitrogens with one attached hydrogen (secondary N) is 1. The smallest absolute Gasteiger partial charge is 0.178 e. The molecule has 0 aliphatic carbocycles. The van der Waals surface area contributed by atoms with E-state index in [1.165, 1.54) is 5.56 Å². The molecule has 0 amide bonds. The number of aryl methyl sites for hydroxylation is 2. The van der Waals surface area contributed by atoms with E-state index < -0.39 is 0 Å². The molecule has 0 saturated carbocycles. The number of pyridine rings is 1. The number of hydrogen-bond donors (Lipinski definition) is 1. The van der Waals surface area contributed by atoms with Crippen LogP contribution in [0, 0.1) is 6.92 Å². The highest BCUT2D eigenvalue weighted by atomic mass is 14.9. The highest BCUT2D eigenvalue weighted by Crippen LogP contribution is 2.21. The average Bonchev–Trinajstić information content (AvgIpc) is 2.52. The first-order chi connectivity index (χ1) is 10.2. The van der Waals surface area contributed by atoms with E-state index >= 15 is 0 Å². The molecule has 2 aromatic heterocycles. The fraction of sp³-hybridized carbons (Fsp3) is 0.471. The van der Waals surface area contributed by atoms with Gasteiger partial charge in [0.2, 0.25) is 0 Å². The molecule has 0 fully saturated rings. The average molecular weight is 284 g/mol. The lowest BCUT2D eigenvalue weighted by molar-refractivity contribution is 0.564. The summed E-state index contributed by atoms with van der Waals surface area (Å²) in [7, 11) is 0. The van der Waals surface area contributed by atoms with Crippen LogP contribution in [0.4, 0.5) is 0 Å². The van der Waals surface area contributed by atoms with Crippen LogP contribution in [0.25, 0.3) is 11.5 Å². The second-order valence-corrected chi connectivity index (χ2v) is 5.27. The standard InChI is InChI=1S/C17H24N4/c1-5-9-18-12(3)15-11-20-17(21-13(15)4)16-14(6-2)8-7-10-19-16/h7-8,10-12,18H,5-6,9H2,1-4H3. The third kappa shape index (κ3) is 3.64. The minimum atomic E-state index is 0.272. The fourth-order valence-electron chi connectivity index (χ4n) is 2.41. The zero-order valence-corrected chi connectivity index (χ0v) is 13.3. The van der Waals surface area contributed by atoms with Crippen molar-refractivity contribution in [1.82, 2.24) is 20.3 Å². The Bertz CT molecular complexity index is 595. The summed E-state index contributed by atoms with van der Waals surface area (Å²) in [6.07, 6.45) is 5.78. The Morgan fingerprint density at radius 2 is 2.05 bits per heavy atom. The van der Waals surface area contributed by atoms with E-state index in [2.05, 4.69) is 47.1 Å². The summed E-state index contributed by atoms with van der Waals surface area (Å²) in [6.45, 7) is 9.49. The van der Waals surface area contributed by atoms with Crippen LogP contribution in [0.2, 0.25) is 0 Å². The summed E-state index contributed by atoms with van der Waals surface area (Å²) in [4.78, 5) is 13.6. The molecule has 21 heavy (non-hydrogen) atoms. The van der Waals surface area contributed by atoms with Crippen LogP contribution in [0.1, 0.15) is 50.1 Å². The summed E-state index contributed by atoms with van der Waals surface area (Å²) in [5, 5.41) is 3.48. The molecular weight excluding hydrogens is 260 g/mol. The molecule has 0 bridgehead atoms. The van der Waals surface area contributed by atoms with Crippen LogP contribution in [0.15, 0.2) is 24.5 Å². The maximum atomic E-state index is 4.67. The van der Waals surface area contributed by atoms with Gasteiger partial charge in [-0.3, -0.25) is 4.98 Å². The van der Waals surface area contributed by atoms with Crippen molar-refractivity contribution in [3.63, 3.8) is 0 Å². The van der Waals surface area contributed by atoms with Gasteiger partial charge in [-0.15, -0.1) is 0 Å². The highest BCUT2D eigenvalue weighted by molar-refractivity contribution is 5.54. The molecule has 4 heteroatoms. The van der Waals surface area contributed by atoms with Crippen molar-refractivity contribution in [2.45, 2.75) is 46.6 Å². The lowest BCUT2D eigenvalue weighted by Crippen LogP contribution is -2.20. The van der Waals surface area contributed by atoms with Crippen molar-refractivity contribution in [3.05, 3.63) is 41.3 Å². The van der Waals surface area contributed by atoms with Gasteiger partial charge in [0.1, 0.15) is 5.69 Å². The lowest BCUT2D eigenvalue weighted by atomic mass is 10.1. The minimum Gasteiger partial charge on any atom is -0.310 e. The van der Waals surface area contributed by atoms with Crippen molar-refractivity contribution >= 4 is 0 Å². The van der Waals surface area contributed by atoms with Crippen LogP contribution >= 0.6 is 0 Å². The Morgan fingerprint density at radius 1 is 1.24 bits per heavy atom. The fourth-order valence-corrected chi connectivity index (χ4v) is 2.41. The summed E-state index contributed by atoms with van der Waals surface area (Å²) >= 11 is 0. The van der Waals surface area contributed by atoms with Crippen LogP contribution in [0.3, 0.4) is 0 Å². The van der Waals surface area contributed by atoms with Gasteiger partial charge in [0.25, 0.3) is 0 Å². The van der Waals surface area contributed by atoms with Crippen LogP contribution < -0.4 is 5.32 Å². The molecule has 0 spiro atoms.